The molecule has 0 bridgehead atoms. The smallest absolute Gasteiger partial charge is 0.371 e. The lowest BCUT2D eigenvalue weighted by atomic mass is 10.4. The summed E-state index contributed by atoms with van der Waals surface area (Å²) in [5.41, 5.74) is 0. The van der Waals surface area contributed by atoms with Crippen LogP contribution in [-0.4, -0.2) is 43.2 Å². The van der Waals surface area contributed by atoms with Gasteiger partial charge in [0, 0.05) is 12.6 Å². The van der Waals surface area contributed by atoms with E-state index in [9.17, 15) is 4.79 Å². The Morgan fingerprint density at radius 2 is 2.27 bits per heavy atom. The molecule has 0 fully saturated rings. The molecule has 1 rings (SSSR count). The van der Waals surface area contributed by atoms with Gasteiger partial charge in [-0.05, 0) is 33.1 Å². The van der Waals surface area contributed by atoms with E-state index in [1.54, 1.807) is 6.07 Å². The summed E-state index contributed by atoms with van der Waals surface area (Å²) in [6.45, 7) is 1.75. The van der Waals surface area contributed by atoms with Crippen molar-refractivity contribution in [3.05, 3.63) is 17.9 Å². The van der Waals surface area contributed by atoms with Crippen molar-refractivity contribution >= 4 is 11.9 Å². The lowest BCUT2D eigenvalue weighted by molar-refractivity contribution is 0.0663. The molecular formula is C10H16N2O3. The van der Waals surface area contributed by atoms with E-state index in [1.165, 1.54) is 6.07 Å². The van der Waals surface area contributed by atoms with Gasteiger partial charge in [-0.25, -0.2) is 4.79 Å². The molecule has 0 radical (unpaired) electrons. The van der Waals surface area contributed by atoms with Crippen molar-refractivity contribution in [2.75, 3.05) is 32.5 Å². The van der Waals surface area contributed by atoms with Crippen molar-refractivity contribution in [3.63, 3.8) is 0 Å². The van der Waals surface area contributed by atoms with Crippen LogP contribution in [0.1, 0.15) is 17.0 Å². The highest BCUT2D eigenvalue weighted by Crippen LogP contribution is 2.12. The number of nitrogens with zero attached hydrogens (tertiary/aromatic N) is 1. The molecule has 1 aromatic rings. The van der Waals surface area contributed by atoms with Crippen LogP contribution < -0.4 is 5.32 Å². The van der Waals surface area contributed by atoms with Gasteiger partial charge in [-0.3, -0.25) is 0 Å². The number of hydrogen-bond acceptors (Lipinski definition) is 4. The largest absolute Gasteiger partial charge is 0.475 e. The highest BCUT2D eigenvalue weighted by Gasteiger charge is 2.07. The first kappa shape index (κ1) is 11.6. The van der Waals surface area contributed by atoms with Crippen molar-refractivity contribution in [2.45, 2.75) is 6.42 Å². The van der Waals surface area contributed by atoms with Crippen molar-refractivity contribution in [2.24, 2.45) is 0 Å². The Labute approximate surface area is 88.7 Å². The number of carboxylic acid groups (broad SMARTS) is 1. The minimum atomic E-state index is -1.05. The van der Waals surface area contributed by atoms with E-state index in [0.717, 1.165) is 19.5 Å². The van der Waals surface area contributed by atoms with Crippen LogP contribution >= 0.6 is 0 Å². The minimum absolute atomic E-state index is 0.0369. The van der Waals surface area contributed by atoms with Crippen LogP contribution in [0.4, 0.5) is 5.88 Å². The molecule has 0 aliphatic heterocycles. The van der Waals surface area contributed by atoms with Crippen molar-refractivity contribution < 1.29 is 14.3 Å². The standard InChI is InChI=1S/C10H16N2O3/c1-12(2)7-3-6-11-9-5-4-8(15-9)10(13)14/h4-5,11H,3,6-7H2,1-2H3,(H,13,14). The Hall–Kier alpha value is -1.49. The van der Waals surface area contributed by atoms with Crippen molar-refractivity contribution in [1.82, 2.24) is 4.90 Å². The van der Waals surface area contributed by atoms with Crippen LogP contribution in [0, 0.1) is 0 Å². The van der Waals surface area contributed by atoms with E-state index in [2.05, 4.69) is 10.2 Å². The summed E-state index contributed by atoms with van der Waals surface area (Å²) in [6, 6.07) is 3.07. The Bertz CT molecular complexity index is 320. The number of carbonyl (C=O) groups is 1. The fourth-order valence-electron chi connectivity index (χ4n) is 1.15. The van der Waals surface area contributed by atoms with Crippen molar-refractivity contribution in [3.8, 4) is 0 Å². The Morgan fingerprint density at radius 3 is 2.80 bits per heavy atom. The molecule has 2 N–H and O–H groups in total. The maximum Gasteiger partial charge on any atom is 0.371 e. The van der Waals surface area contributed by atoms with Gasteiger partial charge in [-0.2, -0.15) is 0 Å². The van der Waals surface area contributed by atoms with E-state index in [0.29, 0.717) is 5.88 Å². The summed E-state index contributed by atoms with van der Waals surface area (Å²) >= 11 is 0. The molecule has 0 amide bonds. The first-order valence-electron chi connectivity index (χ1n) is 4.81. The quantitative estimate of drug-likeness (QED) is 0.696. The van der Waals surface area contributed by atoms with Gasteiger partial charge in [0.05, 0.1) is 0 Å². The summed E-state index contributed by atoms with van der Waals surface area (Å²) in [7, 11) is 4.02. The predicted molar refractivity (Wildman–Crippen MR) is 57.3 cm³/mol. The van der Waals surface area contributed by atoms with Gasteiger partial charge >= 0.3 is 5.97 Å². The van der Waals surface area contributed by atoms with Gasteiger partial charge in [0.2, 0.25) is 5.76 Å². The lowest BCUT2D eigenvalue weighted by Crippen LogP contribution is -2.16. The molecule has 0 spiro atoms. The zero-order valence-corrected chi connectivity index (χ0v) is 8.99. The van der Waals surface area contributed by atoms with E-state index < -0.39 is 5.97 Å². The number of hydrogen-bond donors (Lipinski definition) is 2. The van der Waals surface area contributed by atoms with Gasteiger partial charge < -0.3 is 19.7 Å². The molecule has 1 aromatic heterocycles. The van der Waals surface area contributed by atoms with Crippen LogP contribution in [0.2, 0.25) is 0 Å². The Balaban J connectivity index is 2.29. The van der Waals surface area contributed by atoms with E-state index in [-0.39, 0.29) is 5.76 Å². The zero-order chi connectivity index (χ0) is 11.3. The third kappa shape index (κ3) is 4.03. The second-order valence-corrected chi connectivity index (χ2v) is 3.55. The maximum atomic E-state index is 10.5. The summed E-state index contributed by atoms with van der Waals surface area (Å²) in [4.78, 5) is 12.6. The van der Waals surface area contributed by atoms with E-state index in [4.69, 9.17) is 9.52 Å². The average Bonchev–Trinajstić information content (AvgIpc) is 2.60. The molecule has 0 saturated carbocycles. The monoisotopic (exact) mass is 212 g/mol. The average molecular weight is 212 g/mol. The molecule has 0 aromatic carbocycles. The fraction of sp³-hybridized carbons (Fsp3) is 0.500. The van der Waals surface area contributed by atoms with E-state index >= 15 is 0 Å². The first-order valence-corrected chi connectivity index (χ1v) is 4.81. The third-order valence-electron chi connectivity index (χ3n) is 1.90. The number of anilines is 1. The molecular weight excluding hydrogens is 196 g/mol. The number of nitrogens with one attached hydrogen (secondary N) is 1. The van der Waals surface area contributed by atoms with Crippen LogP contribution in [0.15, 0.2) is 16.5 Å². The number of carboxylic acids is 1. The fourth-order valence-corrected chi connectivity index (χ4v) is 1.15. The molecule has 0 aliphatic rings. The molecule has 5 heteroatoms. The summed E-state index contributed by atoms with van der Waals surface area (Å²) in [5, 5.41) is 11.6. The van der Waals surface area contributed by atoms with Crippen LogP contribution in [0.3, 0.4) is 0 Å². The molecule has 1 heterocycles. The molecule has 0 aliphatic carbocycles. The molecule has 84 valence electrons. The van der Waals surface area contributed by atoms with Gasteiger partial charge in [0.1, 0.15) is 0 Å². The van der Waals surface area contributed by atoms with Gasteiger partial charge in [-0.15, -0.1) is 0 Å². The molecule has 5 nitrogen and oxygen atoms in total. The number of rotatable bonds is 6. The summed E-state index contributed by atoms with van der Waals surface area (Å²) in [6.07, 6.45) is 0.982. The molecule has 15 heavy (non-hydrogen) atoms. The van der Waals surface area contributed by atoms with Crippen LogP contribution in [0.25, 0.3) is 0 Å². The highest BCUT2D eigenvalue weighted by atomic mass is 16.4. The Morgan fingerprint density at radius 1 is 1.53 bits per heavy atom. The molecule has 0 atom stereocenters. The maximum absolute atomic E-state index is 10.5. The van der Waals surface area contributed by atoms with Crippen molar-refractivity contribution in [1.29, 1.82) is 0 Å². The Kier molecular flexibility index (Phi) is 4.17. The highest BCUT2D eigenvalue weighted by molar-refractivity contribution is 5.84. The summed E-state index contributed by atoms with van der Waals surface area (Å²) < 4.78 is 5.03. The van der Waals surface area contributed by atoms with Gasteiger partial charge in [0.15, 0.2) is 5.88 Å². The second kappa shape index (κ2) is 5.41. The SMILES string of the molecule is CN(C)CCCNc1ccc(C(=O)O)o1. The molecule has 0 unspecified atom stereocenters. The first-order chi connectivity index (χ1) is 7.09. The third-order valence-corrected chi connectivity index (χ3v) is 1.90. The zero-order valence-electron chi connectivity index (χ0n) is 8.99. The summed E-state index contributed by atoms with van der Waals surface area (Å²) in [5.74, 6) is -0.576. The number of aromatic carboxylic acids is 1. The minimum Gasteiger partial charge on any atom is -0.475 e. The van der Waals surface area contributed by atoms with Crippen LogP contribution in [0.5, 0.6) is 0 Å². The second-order valence-electron chi connectivity index (χ2n) is 3.55. The topological polar surface area (TPSA) is 65.7 Å². The predicted octanol–water partition coefficient (Wildman–Crippen LogP) is 1.34. The van der Waals surface area contributed by atoms with Crippen LogP contribution in [-0.2, 0) is 0 Å². The van der Waals surface area contributed by atoms with E-state index in [1.807, 2.05) is 14.1 Å². The lowest BCUT2D eigenvalue weighted by Gasteiger charge is -2.08. The van der Waals surface area contributed by atoms with Gasteiger partial charge in [0.25, 0.3) is 0 Å². The normalized spacial score (nSPS) is 10.6. The number of furan rings is 1. The molecule has 0 saturated heterocycles. The van der Waals surface area contributed by atoms with Gasteiger partial charge in [-0.1, -0.05) is 0 Å².